The van der Waals surface area contributed by atoms with Crippen molar-refractivity contribution >= 4 is 6.09 Å². The van der Waals surface area contributed by atoms with Crippen molar-refractivity contribution in [1.29, 1.82) is 0 Å². The first-order chi connectivity index (χ1) is 15.4. The Kier molecular flexibility index (Phi) is 8.09. The fraction of sp³-hybridized carbons (Fsp3) is 0.407. The van der Waals surface area contributed by atoms with Crippen molar-refractivity contribution in [3.63, 3.8) is 0 Å². The molecule has 3 aromatic rings. The maximum absolute atomic E-state index is 12.4. The van der Waals surface area contributed by atoms with Gasteiger partial charge in [0, 0.05) is 0 Å². The number of hydrogen-bond acceptors (Lipinski definition) is 3. The average Bonchev–Trinajstić information content (AvgIpc) is 3.25. The van der Waals surface area contributed by atoms with Crippen LogP contribution in [0.4, 0.5) is 4.79 Å². The summed E-state index contributed by atoms with van der Waals surface area (Å²) < 4.78 is 5.47. The van der Waals surface area contributed by atoms with E-state index in [-0.39, 0.29) is 6.04 Å². The number of rotatable bonds is 9. The van der Waals surface area contributed by atoms with Crippen molar-refractivity contribution in [2.75, 3.05) is 0 Å². The molecule has 5 nitrogen and oxygen atoms in total. The third-order valence-corrected chi connectivity index (χ3v) is 5.27. The number of carbonyl (C=O) groups is 1. The summed E-state index contributed by atoms with van der Waals surface area (Å²) in [6.45, 7) is 7.80. The Morgan fingerprint density at radius 1 is 0.969 bits per heavy atom. The smallest absolute Gasteiger partial charge is 0.408 e. The molecule has 3 rings (SSSR count). The van der Waals surface area contributed by atoms with E-state index >= 15 is 0 Å². The first-order valence-corrected chi connectivity index (χ1v) is 11.6. The van der Waals surface area contributed by atoms with E-state index < -0.39 is 11.7 Å². The molecule has 0 fully saturated rings. The normalized spacial score (nSPS) is 12.4. The van der Waals surface area contributed by atoms with Gasteiger partial charge in [-0.05, 0) is 43.9 Å². The van der Waals surface area contributed by atoms with Gasteiger partial charge in [0.1, 0.15) is 11.4 Å². The van der Waals surface area contributed by atoms with Gasteiger partial charge in [0.15, 0.2) is 0 Å². The summed E-state index contributed by atoms with van der Waals surface area (Å²) >= 11 is 0. The zero-order valence-corrected chi connectivity index (χ0v) is 19.7. The minimum Gasteiger partial charge on any atom is -0.444 e. The zero-order valence-electron chi connectivity index (χ0n) is 19.7. The number of unbranched alkanes of at least 4 members (excludes halogenated alkanes) is 3. The number of H-pyrrole nitrogens is 1. The van der Waals surface area contributed by atoms with Crippen molar-refractivity contribution in [1.82, 2.24) is 15.3 Å². The highest BCUT2D eigenvalue weighted by atomic mass is 16.6. The van der Waals surface area contributed by atoms with Gasteiger partial charge in [0.05, 0.1) is 17.9 Å². The molecule has 1 aromatic heterocycles. The lowest BCUT2D eigenvalue weighted by Crippen LogP contribution is -2.35. The fourth-order valence-corrected chi connectivity index (χ4v) is 3.64. The van der Waals surface area contributed by atoms with Crippen LogP contribution in [0.2, 0.25) is 0 Å². The van der Waals surface area contributed by atoms with E-state index in [1.54, 1.807) is 0 Å². The molecular weight excluding hydrogens is 398 g/mol. The minimum atomic E-state index is -0.536. The zero-order chi connectivity index (χ0) is 23.0. The first-order valence-electron chi connectivity index (χ1n) is 11.6. The molecule has 0 saturated heterocycles. The van der Waals surface area contributed by atoms with Crippen molar-refractivity contribution in [2.24, 2.45) is 0 Å². The van der Waals surface area contributed by atoms with Crippen molar-refractivity contribution < 1.29 is 9.53 Å². The summed E-state index contributed by atoms with van der Waals surface area (Å²) in [5, 5.41) is 3.01. The van der Waals surface area contributed by atoms with Gasteiger partial charge < -0.3 is 15.0 Å². The summed E-state index contributed by atoms with van der Waals surface area (Å²) in [6.07, 6.45) is 6.77. The molecule has 0 aliphatic carbocycles. The van der Waals surface area contributed by atoms with Crippen molar-refractivity contribution in [3.05, 3.63) is 66.6 Å². The standard InChI is InChI=1S/C27H35N3O2/c1-5-6-7-11-14-23(30-26(31)32-27(2,3)4)25-28-19-24(29-25)22-17-15-21(16-18-22)20-12-9-8-10-13-20/h8-10,12-13,15-19,23H,5-7,11,14H2,1-4H3,(H,28,29)(H,30,31). The van der Waals surface area contributed by atoms with Crippen molar-refractivity contribution in [3.8, 4) is 22.4 Å². The van der Waals surface area contributed by atoms with Crippen LogP contribution in [0.1, 0.15) is 71.7 Å². The highest BCUT2D eigenvalue weighted by Gasteiger charge is 2.22. The van der Waals surface area contributed by atoms with E-state index in [1.807, 2.05) is 45.2 Å². The van der Waals surface area contributed by atoms with Gasteiger partial charge in [0.2, 0.25) is 0 Å². The molecule has 0 spiro atoms. The summed E-state index contributed by atoms with van der Waals surface area (Å²) in [7, 11) is 0. The van der Waals surface area contributed by atoms with Gasteiger partial charge in [-0.3, -0.25) is 0 Å². The molecule has 0 bridgehead atoms. The Balaban J connectivity index is 1.73. The van der Waals surface area contributed by atoms with E-state index in [0.717, 1.165) is 36.3 Å². The molecule has 0 aliphatic heterocycles. The van der Waals surface area contributed by atoms with E-state index in [2.05, 4.69) is 58.6 Å². The Hall–Kier alpha value is -3.08. The molecule has 1 unspecified atom stereocenters. The Morgan fingerprint density at radius 3 is 2.28 bits per heavy atom. The van der Waals surface area contributed by atoms with Gasteiger partial charge in [-0.25, -0.2) is 9.78 Å². The monoisotopic (exact) mass is 433 g/mol. The molecule has 170 valence electrons. The number of aromatic amines is 1. The lowest BCUT2D eigenvalue weighted by atomic mass is 10.0. The molecule has 1 atom stereocenters. The Labute approximate surface area is 191 Å². The number of nitrogens with zero attached hydrogens (tertiary/aromatic N) is 1. The summed E-state index contributed by atoms with van der Waals surface area (Å²) in [6, 6.07) is 18.5. The third kappa shape index (κ3) is 6.98. The van der Waals surface area contributed by atoms with Gasteiger partial charge in [0.25, 0.3) is 0 Å². The van der Waals surface area contributed by atoms with Crippen molar-refractivity contribution in [2.45, 2.75) is 71.4 Å². The van der Waals surface area contributed by atoms with Crippen LogP contribution < -0.4 is 5.32 Å². The van der Waals surface area contributed by atoms with E-state index in [4.69, 9.17) is 4.74 Å². The lowest BCUT2D eigenvalue weighted by Gasteiger charge is -2.23. The van der Waals surface area contributed by atoms with Crippen LogP contribution in [-0.2, 0) is 4.74 Å². The van der Waals surface area contributed by atoms with Gasteiger partial charge in [-0.1, -0.05) is 87.2 Å². The average molecular weight is 434 g/mol. The maximum atomic E-state index is 12.4. The second-order valence-corrected chi connectivity index (χ2v) is 9.17. The van der Waals surface area contributed by atoms with Crippen LogP contribution in [0.5, 0.6) is 0 Å². The molecule has 0 saturated carbocycles. The predicted octanol–water partition coefficient (Wildman–Crippen LogP) is 7.28. The molecular formula is C27H35N3O2. The van der Waals surface area contributed by atoms with Gasteiger partial charge in [-0.2, -0.15) is 0 Å². The molecule has 0 radical (unpaired) electrons. The molecule has 2 N–H and O–H groups in total. The summed E-state index contributed by atoms with van der Waals surface area (Å²) in [5.41, 5.74) is 3.83. The maximum Gasteiger partial charge on any atom is 0.408 e. The molecule has 2 aromatic carbocycles. The molecule has 1 amide bonds. The Bertz CT molecular complexity index is 972. The number of imidazole rings is 1. The molecule has 32 heavy (non-hydrogen) atoms. The number of amides is 1. The van der Waals surface area contributed by atoms with Crippen LogP contribution >= 0.6 is 0 Å². The Morgan fingerprint density at radius 2 is 1.62 bits per heavy atom. The summed E-state index contributed by atoms with van der Waals surface area (Å²) in [5.74, 6) is 0.759. The second kappa shape index (κ2) is 11.0. The summed E-state index contributed by atoms with van der Waals surface area (Å²) in [4.78, 5) is 20.4. The molecule has 5 heteroatoms. The minimum absolute atomic E-state index is 0.209. The van der Waals surface area contributed by atoms with Crippen LogP contribution in [0.25, 0.3) is 22.4 Å². The van der Waals surface area contributed by atoms with Crippen LogP contribution in [0, 0.1) is 0 Å². The van der Waals surface area contributed by atoms with E-state index in [0.29, 0.717) is 0 Å². The van der Waals surface area contributed by atoms with Crippen LogP contribution in [-0.4, -0.2) is 21.7 Å². The number of alkyl carbamates (subject to hydrolysis) is 1. The SMILES string of the molecule is CCCCCCC(NC(=O)OC(C)(C)C)c1ncc(-c2ccc(-c3ccccc3)cc2)[nH]1. The first kappa shape index (κ1) is 23.6. The number of aromatic nitrogens is 2. The van der Waals surface area contributed by atoms with Gasteiger partial charge >= 0.3 is 6.09 Å². The highest BCUT2D eigenvalue weighted by molar-refractivity contribution is 5.69. The lowest BCUT2D eigenvalue weighted by molar-refractivity contribution is 0.0498. The van der Waals surface area contributed by atoms with Crippen LogP contribution in [0.15, 0.2) is 60.8 Å². The highest BCUT2D eigenvalue weighted by Crippen LogP contribution is 2.26. The molecule has 0 aliphatic rings. The number of carbonyl (C=O) groups excluding carboxylic acids is 1. The second-order valence-electron chi connectivity index (χ2n) is 9.17. The number of benzene rings is 2. The number of ether oxygens (including phenoxy) is 1. The number of hydrogen-bond donors (Lipinski definition) is 2. The van der Waals surface area contributed by atoms with E-state index in [1.165, 1.54) is 24.0 Å². The molecule has 1 heterocycles. The topological polar surface area (TPSA) is 67.0 Å². The van der Waals surface area contributed by atoms with Crippen LogP contribution in [0.3, 0.4) is 0 Å². The number of nitrogens with one attached hydrogen (secondary N) is 2. The largest absolute Gasteiger partial charge is 0.444 e. The van der Waals surface area contributed by atoms with E-state index in [9.17, 15) is 4.79 Å². The van der Waals surface area contributed by atoms with Gasteiger partial charge in [-0.15, -0.1) is 0 Å². The third-order valence-electron chi connectivity index (χ3n) is 5.27. The quantitative estimate of drug-likeness (QED) is 0.348. The fourth-order valence-electron chi connectivity index (χ4n) is 3.64. The predicted molar refractivity (Wildman–Crippen MR) is 130 cm³/mol.